The highest BCUT2D eigenvalue weighted by Gasteiger charge is 2.19. The Balaban J connectivity index is 2.30. The maximum absolute atomic E-state index is 12.2. The molecule has 0 aliphatic heterocycles. The third-order valence-electron chi connectivity index (χ3n) is 2.67. The number of nitrogens with two attached hydrogens (primary N) is 1. The molecule has 0 atom stereocenters. The lowest BCUT2D eigenvalue weighted by molar-refractivity contribution is 0.101. The van der Waals surface area contributed by atoms with Crippen LogP contribution in [0.3, 0.4) is 0 Å². The number of nitrogens with one attached hydrogen (secondary N) is 1. The van der Waals surface area contributed by atoms with Crippen LogP contribution in [0.15, 0.2) is 18.3 Å². The Morgan fingerprint density at radius 1 is 1.58 bits per heavy atom. The number of pyridine rings is 1. The summed E-state index contributed by atoms with van der Waals surface area (Å²) in [5.74, 6) is -0.317. The lowest BCUT2D eigenvalue weighted by atomic mass is 10.3. The van der Waals surface area contributed by atoms with Crippen molar-refractivity contribution in [2.75, 3.05) is 11.1 Å². The van der Waals surface area contributed by atoms with E-state index < -0.39 is 0 Å². The van der Waals surface area contributed by atoms with Gasteiger partial charge in [0.2, 0.25) is 0 Å². The molecule has 2 rings (SSSR count). The number of carbonyl (C=O) groups is 1. The van der Waals surface area contributed by atoms with Gasteiger partial charge in [-0.1, -0.05) is 11.6 Å². The normalized spacial score (nSPS) is 10.5. The minimum atomic E-state index is -0.317. The molecule has 0 unspecified atom stereocenters. The monoisotopic (exact) mass is 279 g/mol. The topological polar surface area (TPSA) is 85.8 Å². The van der Waals surface area contributed by atoms with Crippen molar-refractivity contribution in [3.63, 3.8) is 0 Å². The highest BCUT2D eigenvalue weighted by atomic mass is 35.5. The van der Waals surface area contributed by atoms with Crippen molar-refractivity contribution in [1.82, 2.24) is 14.8 Å². The van der Waals surface area contributed by atoms with E-state index in [1.807, 2.05) is 6.92 Å². The molecule has 0 saturated carbocycles. The number of aromatic nitrogens is 3. The third kappa shape index (κ3) is 2.68. The SMILES string of the molecule is CCn1nc(C)c(N)c1C(=O)Nc1ccnc(Cl)c1. The average molecular weight is 280 g/mol. The van der Waals surface area contributed by atoms with Crippen molar-refractivity contribution in [2.24, 2.45) is 0 Å². The lowest BCUT2D eigenvalue weighted by Crippen LogP contribution is -2.18. The first-order chi connectivity index (χ1) is 9.02. The molecule has 0 radical (unpaired) electrons. The zero-order valence-electron chi connectivity index (χ0n) is 10.6. The quantitative estimate of drug-likeness (QED) is 0.843. The Kier molecular flexibility index (Phi) is 3.71. The number of carbonyl (C=O) groups excluding carboxylic acids is 1. The van der Waals surface area contributed by atoms with Crippen LogP contribution in [0.25, 0.3) is 0 Å². The highest BCUT2D eigenvalue weighted by Crippen LogP contribution is 2.19. The molecule has 0 aromatic carbocycles. The van der Waals surface area contributed by atoms with Gasteiger partial charge in [-0.05, 0) is 26.0 Å². The van der Waals surface area contributed by atoms with Crippen LogP contribution in [0.2, 0.25) is 5.15 Å². The molecule has 3 N–H and O–H groups in total. The van der Waals surface area contributed by atoms with Gasteiger partial charge in [-0.3, -0.25) is 9.48 Å². The van der Waals surface area contributed by atoms with Gasteiger partial charge in [0, 0.05) is 18.4 Å². The van der Waals surface area contributed by atoms with E-state index in [0.717, 1.165) is 0 Å². The number of aryl methyl sites for hydroxylation is 2. The van der Waals surface area contributed by atoms with Crippen LogP contribution in [0, 0.1) is 6.92 Å². The molecule has 0 aliphatic carbocycles. The lowest BCUT2D eigenvalue weighted by Gasteiger charge is -2.07. The first-order valence-corrected chi connectivity index (χ1v) is 6.16. The Morgan fingerprint density at radius 2 is 2.32 bits per heavy atom. The average Bonchev–Trinajstić information content (AvgIpc) is 2.65. The predicted octanol–water partition coefficient (Wildman–Crippen LogP) is 2.09. The van der Waals surface area contributed by atoms with Crippen molar-refractivity contribution < 1.29 is 4.79 Å². The fourth-order valence-corrected chi connectivity index (χ4v) is 1.91. The molecule has 2 heterocycles. The summed E-state index contributed by atoms with van der Waals surface area (Å²) in [6.07, 6.45) is 1.52. The number of amides is 1. The van der Waals surface area contributed by atoms with Crippen molar-refractivity contribution in [3.05, 3.63) is 34.9 Å². The maximum Gasteiger partial charge on any atom is 0.276 e. The summed E-state index contributed by atoms with van der Waals surface area (Å²) in [5.41, 5.74) is 7.82. The molecule has 0 aliphatic rings. The second kappa shape index (κ2) is 5.27. The van der Waals surface area contributed by atoms with Gasteiger partial charge in [0.1, 0.15) is 10.8 Å². The van der Waals surface area contributed by atoms with Crippen LogP contribution in [-0.2, 0) is 6.54 Å². The smallest absolute Gasteiger partial charge is 0.276 e. The van der Waals surface area contributed by atoms with Crippen LogP contribution in [0.1, 0.15) is 23.1 Å². The minimum absolute atomic E-state index is 0.311. The van der Waals surface area contributed by atoms with Crippen molar-refractivity contribution in [2.45, 2.75) is 20.4 Å². The Hall–Kier alpha value is -2.08. The van der Waals surface area contributed by atoms with E-state index in [4.69, 9.17) is 17.3 Å². The molecule has 2 aromatic heterocycles. The number of hydrogen-bond acceptors (Lipinski definition) is 4. The second-order valence-corrected chi connectivity index (χ2v) is 4.37. The summed E-state index contributed by atoms with van der Waals surface area (Å²) >= 11 is 5.76. The van der Waals surface area contributed by atoms with E-state index in [0.29, 0.717) is 34.5 Å². The first kappa shape index (κ1) is 13.4. The molecule has 1 amide bonds. The molecular weight excluding hydrogens is 266 g/mol. The van der Waals surface area contributed by atoms with Gasteiger partial charge in [-0.25, -0.2) is 4.98 Å². The highest BCUT2D eigenvalue weighted by molar-refractivity contribution is 6.29. The van der Waals surface area contributed by atoms with Crippen LogP contribution in [-0.4, -0.2) is 20.7 Å². The van der Waals surface area contributed by atoms with Gasteiger partial charge in [-0.15, -0.1) is 0 Å². The molecule has 7 heteroatoms. The van der Waals surface area contributed by atoms with E-state index in [2.05, 4.69) is 15.4 Å². The molecule has 0 spiro atoms. The van der Waals surface area contributed by atoms with E-state index in [1.165, 1.54) is 6.20 Å². The summed E-state index contributed by atoms with van der Waals surface area (Å²) in [6, 6.07) is 3.22. The molecule has 6 nitrogen and oxygen atoms in total. The number of nitrogen functional groups attached to an aromatic ring is 1. The number of nitrogens with zero attached hydrogens (tertiary/aromatic N) is 3. The van der Waals surface area contributed by atoms with Gasteiger partial charge < -0.3 is 11.1 Å². The zero-order valence-corrected chi connectivity index (χ0v) is 11.4. The van der Waals surface area contributed by atoms with E-state index in [-0.39, 0.29) is 5.91 Å². The van der Waals surface area contributed by atoms with Gasteiger partial charge in [0.15, 0.2) is 0 Å². The Morgan fingerprint density at radius 3 is 2.95 bits per heavy atom. The first-order valence-electron chi connectivity index (χ1n) is 5.78. The van der Waals surface area contributed by atoms with Crippen LogP contribution < -0.4 is 11.1 Å². The van der Waals surface area contributed by atoms with Gasteiger partial charge >= 0.3 is 0 Å². The third-order valence-corrected chi connectivity index (χ3v) is 2.88. The number of hydrogen-bond donors (Lipinski definition) is 2. The van der Waals surface area contributed by atoms with Crippen molar-refractivity contribution in [1.29, 1.82) is 0 Å². The van der Waals surface area contributed by atoms with E-state index in [9.17, 15) is 4.79 Å². The van der Waals surface area contributed by atoms with Crippen molar-refractivity contribution in [3.8, 4) is 0 Å². The summed E-state index contributed by atoms with van der Waals surface area (Å²) in [6.45, 7) is 4.23. The predicted molar refractivity (Wildman–Crippen MR) is 74.3 cm³/mol. The molecule has 100 valence electrons. The molecular formula is C12H14ClN5O. The largest absolute Gasteiger partial charge is 0.395 e. The molecule has 0 bridgehead atoms. The fourth-order valence-electron chi connectivity index (χ4n) is 1.73. The minimum Gasteiger partial charge on any atom is -0.395 e. The van der Waals surface area contributed by atoms with E-state index in [1.54, 1.807) is 23.7 Å². The van der Waals surface area contributed by atoms with Gasteiger partial charge in [0.25, 0.3) is 5.91 Å². The standard InChI is InChI=1S/C12H14ClN5O/c1-3-18-11(10(14)7(2)17-18)12(19)16-8-4-5-15-9(13)6-8/h4-6H,3,14H2,1-2H3,(H,15,16,19). The van der Waals surface area contributed by atoms with E-state index >= 15 is 0 Å². The molecule has 19 heavy (non-hydrogen) atoms. The Labute approximate surface area is 115 Å². The second-order valence-electron chi connectivity index (χ2n) is 3.98. The van der Waals surface area contributed by atoms with Crippen molar-refractivity contribution >= 4 is 28.9 Å². The fraction of sp³-hybridized carbons (Fsp3) is 0.250. The molecule has 0 fully saturated rings. The zero-order chi connectivity index (χ0) is 14.0. The number of rotatable bonds is 3. The number of halogens is 1. The maximum atomic E-state index is 12.2. The van der Waals surface area contributed by atoms with Gasteiger partial charge in [-0.2, -0.15) is 5.10 Å². The summed E-state index contributed by atoms with van der Waals surface area (Å²) in [4.78, 5) is 16.1. The summed E-state index contributed by atoms with van der Waals surface area (Å²) in [7, 11) is 0. The summed E-state index contributed by atoms with van der Waals surface area (Å²) < 4.78 is 1.57. The number of anilines is 2. The van der Waals surface area contributed by atoms with Crippen LogP contribution in [0.5, 0.6) is 0 Å². The van der Waals surface area contributed by atoms with Crippen LogP contribution >= 0.6 is 11.6 Å². The summed E-state index contributed by atoms with van der Waals surface area (Å²) in [5, 5.41) is 7.24. The Bertz CT molecular complexity index is 623. The van der Waals surface area contributed by atoms with Gasteiger partial charge in [0.05, 0.1) is 11.4 Å². The molecule has 2 aromatic rings. The van der Waals surface area contributed by atoms with Crippen LogP contribution in [0.4, 0.5) is 11.4 Å². The molecule has 0 saturated heterocycles.